The highest BCUT2D eigenvalue weighted by molar-refractivity contribution is 5.32. The van der Waals surface area contributed by atoms with Crippen molar-refractivity contribution >= 4 is 0 Å². The van der Waals surface area contributed by atoms with Gasteiger partial charge in [-0.25, -0.2) is 4.39 Å². The van der Waals surface area contributed by atoms with E-state index in [0.29, 0.717) is 5.92 Å². The van der Waals surface area contributed by atoms with Crippen molar-refractivity contribution in [3.05, 3.63) is 29.6 Å². The first kappa shape index (κ1) is 13.0. The van der Waals surface area contributed by atoms with Crippen molar-refractivity contribution in [3.8, 4) is 5.75 Å². The van der Waals surface area contributed by atoms with Gasteiger partial charge in [0.15, 0.2) is 11.6 Å². The van der Waals surface area contributed by atoms with Gasteiger partial charge < -0.3 is 10.5 Å². The number of benzene rings is 1. The normalized spacial score (nSPS) is 12.9. The number of methoxy groups -OCH3 is 1. The second-order valence-electron chi connectivity index (χ2n) is 4.00. The highest BCUT2D eigenvalue weighted by Crippen LogP contribution is 2.28. The first-order valence-electron chi connectivity index (χ1n) is 5.73. The maximum Gasteiger partial charge on any atom is 0.165 e. The van der Waals surface area contributed by atoms with Gasteiger partial charge in [-0.05, 0) is 23.6 Å². The van der Waals surface area contributed by atoms with E-state index in [-0.39, 0.29) is 17.6 Å². The number of halogens is 1. The maximum absolute atomic E-state index is 13.2. The molecular formula is C13H20FNO. The van der Waals surface area contributed by atoms with Crippen LogP contribution in [0.2, 0.25) is 0 Å². The molecule has 1 rings (SSSR count). The molecule has 0 aliphatic carbocycles. The molecule has 2 nitrogen and oxygen atoms in total. The molecule has 0 aliphatic heterocycles. The second kappa shape index (κ2) is 5.85. The summed E-state index contributed by atoms with van der Waals surface area (Å²) in [6.07, 6.45) is 2.05. The minimum Gasteiger partial charge on any atom is -0.494 e. The van der Waals surface area contributed by atoms with Gasteiger partial charge in [-0.1, -0.05) is 32.8 Å². The predicted molar refractivity (Wildman–Crippen MR) is 64.0 cm³/mol. The van der Waals surface area contributed by atoms with Gasteiger partial charge in [0, 0.05) is 6.04 Å². The molecule has 3 heteroatoms. The van der Waals surface area contributed by atoms with E-state index in [2.05, 4.69) is 13.8 Å². The van der Waals surface area contributed by atoms with Crippen molar-refractivity contribution in [3.63, 3.8) is 0 Å². The first-order valence-corrected chi connectivity index (χ1v) is 5.73. The summed E-state index contributed by atoms with van der Waals surface area (Å²) < 4.78 is 18.2. The van der Waals surface area contributed by atoms with E-state index in [1.807, 2.05) is 0 Å². The highest BCUT2D eigenvalue weighted by Gasteiger charge is 2.17. The van der Waals surface area contributed by atoms with Crippen LogP contribution in [-0.4, -0.2) is 7.11 Å². The molecular weight excluding hydrogens is 205 g/mol. The molecule has 0 saturated carbocycles. The Labute approximate surface area is 96.6 Å². The summed E-state index contributed by atoms with van der Waals surface area (Å²) in [5.41, 5.74) is 7.09. The third-order valence-corrected chi connectivity index (χ3v) is 3.12. The summed E-state index contributed by atoms with van der Waals surface area (Å²) in [7, 11) is 1.46. The van der Waals surface area contributed by atoms with Crippen LogP contribution in [0.15, 0.2) is 18.2 Å². The topological polar surface area (TPSA) is 35.2 Å². The molecule has 0 saturated heterocycles. The monoisotopic (exact) mass is 225 g/mol. The van der Waals surface area contributed by atoms with Crippen LogP contribution >= 0.6 is 0 Å². The van der Waals surface area contributed by atoms with Crippen molar-refractivity contribution in [2.45, 2.75) is 32.7 Å². The Bertz CT molecular complexity index is 337. The lowest BCUT2D eigenvalue weighted by molar-refractivity contribution is 0.378. The lowest BCUT2D eigenvalue weighted by Gasteiger charge is -2.22. The Hall–Kier alpha value is -1.09. The minimum absolute atomic E-state index is 0.0514. The summed E-state index contributed by atoms with van der Waals surface area (Å²) in [5.74, 6) is 0.345. The molecule has 0 spiro atoms. The van der Waals surface area contributed by atoms with Crippen LogP contribution in [0.5, 0.6) is 5.75 Å². The Morgan fingerprint density at radius 3 is 2.44 bits per heavy atom. The summed E-state index contributed by atoms with van der Waals surface area (Å²) in [6.45, 7) is 4.24. The van der Waals surface area contributed by atoms with E-state index >= 15 is 0 Å². The van der Waals surface area contributed by atoms with E-state index in [0.717, 1.165) is 18.4 Å². The molecule has 0 radical (unpaired) electrons. The average molecular weight is 225 g/mol. The smallest absolute Gasteiger partial charge is 0.165 e. The fourth-order valence-corrected chi connectivity index (χ4v) is 1.95. The zero-order valence-electron chi connectivity index (χ0n) is 10.2. The van der Waals surface area contributed by atoms with Gasteiger partial charge in [-0.3, -0.25) is 0 Å². The lowest BCUT2D eigenvalue weighted by Crippen LogP contribution is -2.20. The molecule has 0 bridgehead atoms. The molecule has 90 valence electrons. The summed E-state index contributed by atoms with van der Waals surface area (Å²) in [5, 5.41) is 0. The summed E-state index contributed by atoms with van der Waals surface area (Å²) >= 11 is 0. The Morgan fingerprint density at radius 2 is 1.94 bits per heavy atom. The first-order chi connectivity index (χ1) is 7.63. The van der Waals surface area contributed by atoms with Gasteiger partial charge in [0.1, 0.15) is 0 Å². The summed E-state index contributed by atoms with van der Waals surface area (Å²) in [4.78, 5) is 0. The number of ether oxygens (including phenoxy) is 1. The zero-order valence-corrected chi connectivity index (χ0v) is 10.2. The van der Waals surface area contributed by atoms with E-state index in [9.17, 15) is 4.39 Å². The molecule has 0 aromatic heterocycles. The van der Waals surface area contributed by atoms with Crippen LogP contribution in [0, 0.1) is 11.7 Å². The standard InChI is InChI=1S/C13H20FNO/c1-4-9(5-2)13(15)10-6-7-11(14)12(8-10)16-3/h6-9,13H,4-5,15H2,1-3H3. The van der Waals surface area contributed by atoms with Crippen LogP contribution in [0.1, 0.15) is 38.3 Å². The highest BCUT2D eigenvalue weighted by atomic mass is 19.1. The SMILES string of the molecule is CCC(CC)C(N)c1ccc(F)c(OC)c1. The van der Waals surface area contributed by atoms with Crippen molar-refractivity contribution in [1.29, 1.82) is 0 Å². The van der Waals surface area contributed by atoms with Gasteiger partial charge in [0.05, 0.1) is 7.11 Å². The second-order valence-corrected chi connectivity index (χ2v) is 4.00. The molecule has 1 aromatic rings. The Kier molecular flexibility index (Phi) is 4.74. The van der Waals surface area contributed by atoms with Crippen LogP contribution in [0.4, 0.5) is 4.39 Å². The Morgan fingerprint density at radius 1 is 1.31 bits per heavy atom. The lowest BCUT2D eigenvalue weighted by atomic mass is 9.89. The van der Waals surface area contributed by atoms with Gasteiger partial charge in [-0.2, -0.15) is 0 Å². The summed E-state index contributed by atoms with van der Waals surface area (Å²) in [6, 6.07) is 4.79. The average Bonchev–Trinajstić information content (AvgIpc) is 2.31. The fourth-order valence-electron chi connectivity index (χ4n) is 1.95. The third-order valence-electron chi connectivity index (χ3n) is 3.12. The van der Waals surface area contributed by atoms with Gasteiger partial charge >= 0.3 is 0 Å². The quantitative estimate of drug-likeness (QED) is 0.834. The largest absolute Gasteiger partial charge is 0.494 e. The van der Waals surface area contributed by atoms with Crippen LogP contribution in [0.3, 0.4) is 0 Å². The van der Waals surface area contributed by atoms with Crippen molar-refractivity contribution in [2.24, 2.45) is 11.7 Å². The number of nitrogens with two attached hydrogens (primary N) is 1. The Balaban J connectivity index is 2.95. The fraction of sp³-hybridized carbons (Fsp3) is 0.538. The molecule has 0 heterocycles. The van der Waals surface area contributed by atoms with Crippen LogP contribution in [-0.2, 0) is 0 Å². The minimum atomic E-state index is -0.344. The van der Waals surface area contributed by atoms with Gasteiger partial charge in [-0.15, -0.1) is 0 Å². The molecule has 0 amide bonds. The molecule has 16 heavy (non-hydrogen) atoms. The van der Waals surface area contributed by atoms with E-state index in [1.165, 1.54) is 13.2 Å². The molecule has 1 atom stereocenters. The number of hydrogen-bond donors (Lipinski definition) is 1. The van der Waals surface area contributed by atoms with E-state index < -0.39 is 0 Å². The molecule has 2 N–H and O–H groups in total. The zero-order chi connectivity index (χ0) is 12.1. The van der Waals surface area contributed by atoms with Crippen molar-refractivity contribution < 1.29 is 9.13 Å². The molecule has 0 fully saturated rings. The maximum atomic E-state index is 13.2. The predicted octanol–water partition coefficient (Wildman–Crippen LogP) is 3.27. The van der Waals surface area contributed by atoms with Gasteiger partial charge in [0.2, 0.25) is 0 Å². The molecule has 1 aromatic carbocycles. The van der Waals surface area contributed by atoms with Gasteiger partial charge in [0.25, 0.3) is 0 Å². The molecule has 0 aliphatic rings. The number of hydrogen-bond acceptors (Lipinski definition) is 2. The van der Waals surface area contributed by atoms with Crippen LogP contribution in [0.25, 0.3) is 0 Å². The molecule has 1 unspecified atom stereocenters. The van der Waals surface area contributed by atoms with E-state index in [4.69, 9.17) is 10.5 Å². The van der Waals surface area contributed by atoms with Crippen molar-refractivity contribution in [1.82, 2.24) is 0 Å². The van der Waals surface area contributed by atoms with Crippen LogP contribution < -0.4 is 10.5 Å². The third kappa shape index (κ3) is 2.73. The van der Waals surface area contributed by atoms with Crippen molar-refractivity contribution in [2.75, 3.05) is 7.11 Å². The van der Waals surface area contributed by atoms with E-state index in [1.54, 1.807) is 12.1 Å². The number of rotatable bonds is 5.